The summed E-state index contributed by atoms with van der Waals surface area (Å²) in [4.78, 5) is 17.1. The van der Waals surface area contributed by atoms with Gasteiger partial charge in [-0.05, 0) is 35.2 Å². The van der Waals surface area contributed by atoms with Gasteiger partial charge in [-0.15, -0.1) is 11.3 Å². The molecular weight excluding hydrogens is 410 g/mol. The number of hydrogen-bond acceptors (Lipinski definition) is 6. The quantitative estimate of drug-likeness (QED) is 0.595. The molecule has 1 aromatic carbocycles. The van der Waals surface area contributed by atoms with Crippen LogP contribution in [0, 0.1) is 5.92 Å². The predicted molar refractivity (Wildman–Crippen MR) is 113 cm³/mol. The minimum absolute atomic E-state index is 0.00484. The van der Waals surface area contributed by atoms with E-state index < -0.39 is 15.9 Å². The third kappa shape index (κ3) is 5.11. The third-order valence-corrected chi connectivity index (χ3v) is 6.30. The summed E-state index contributed by atoms with van der Waals surface area (Å²) >= 11 is 1.32. The number of carbonyl (C=O) groups is 1. The Labute approximate surface area is 174 Å². The van der Waals surface area contributed by atoms with Gasteiger partial charge < -0.3 is 9.67 Å². The van der Waals surface area contributed by atoms with Crippen molar-refractivity contribution in [2.24, 2.45) is 5.92 Å². The standard InChI is InChI=1S/C20H23N3O4S2/c1-13(2)18(24)15-10-17(19(25)22-20-21-8-9-28-20)23(12-15)11-14-4-6-16(7-5-14)29(3,26)27/h4-10,12-13,18,24H,11H2,1-3H3,(H,21,22,25). The van der Waals surface area contributed by atoms with Gasteiger partial charge in [0.1, 0.15) is 5.69 Å². The second kappa shape index (κ2) is 8.48. The highest BCUT2D eigenvalue weighted by Crippen LogP contribution is 2.25. The van der Waals surface area contributed by atoms with E-state index in [1.54, 1.807) is 52.7 Å². The molecule has 0 saturated heterocycles. The summed E-state index contributed by atoms with van der Waals surface area (Å²) < 4.78 is 25.0. The summed E-state index contributed by atoms with van der Waals surface area (Å²) in [5.41, 5.74) is 1.88. The first kappa shape index (κ1) is 21.2. The molecule has 2 heterocycles. The van der Waals surface area contributed by atoms with Gasteiger partial charge in [-0.2, -0.15) is 0 Å². The Kier molecular flexibility index (Phi) is 6.21. The van der Waals surface area contributed by atoms with Gasteiger partial charge in [0.15, 0.2) is 15.0 Å². The molecule has 0 aliphatic carbocycles. The minimum atomic E-state index is -3.27. The molecule has 2 N–H and O–H groups in total. The lowest BCUT2D eigenvalue weighted by Gasteiger charge is -2.12. The lowest BCUT2D eigenvalue weighted by molar-refractivity contribution is 0.101. The van der Waals surface area contributed by atoms with Crippen LogP contribution in [0.4, 0.5) is 5.13 Å². The van der Waals surface area contributed by atoms with E-state index in [-0.39, 0.29) is 16.7 Å². The molecule has 0 saturated carbocycles. The van der Waals surface area contributed by atoms with Crippen LogP contribution in [-0.2, 0) is 16.4 Å². The zero-order valence-corrected chi connectivity index (χ0v) is 18.0. The molecule has 3 rings (SSSR count). The molecular formula is C20H23N3O4S2. The molecule has 2 aromatic heterocycles. The maximum absolute atomic E-state index is 12.8. The molecule has 0 radical (unpaired) electrons. The van der Waals surface area contributed by atoms with E-state index in [1.807, 2.05) is 13.8 Å². The highest BCUT2D eigenvalue weighted by molar-refractivity contribution is 7.90. The summed E-state index contributed by atoms with van der Waals surface area (Å²) in [6.45, 7) is 4.16. The topological polar surface area (TPSA) is 101 Å². The van der Waals surface area contributed by atoms with Crippen molar-refractivity contribution in [3.05, 3.63) is 64.9 Å². The number of rotatable bonds is 7. The number of aromatic nitrogens is 2. The van der Waals surface area contributed by atoms with Crippen LogP contribution in [-0.4, -0.2) is 35.2 Å². The normalized spacial score (nSPS) is 12.9. The number of nitrogens with one attached hydrogen (secondary N) is 1. The number of anilines is 1. The van der Waals surface area contributed by atoms with Gasteiger partial charge >= 0.3 is 0 Å². The maximum Gasteiger partial charge on any atom is 0.274 e. The zero-order valence-electron chi connectivity index (χ0n) is 16.4. The van der Waals surface area contributed by atoms with Crippen molar-refractivity contribution in [2.75, 3.05) is 11.6 Å². The fourth-order valence-electron chi connectivity index (χ4n) is 2.89. The molecule has 7 nitrogen and oxygen atoms in total. The van der Waals surface area contributed by atoms with E-state index in [0.29, 0.717) is 22.9 Å². The Bertz CT molecular complexity index is 1090. The average molecular weight is 434 g/mol. The first-order chi connectivity index (χ1) is 13.6. The highest BCUT2D eigenvalue weighted by atomic mass is 32.2. The number of benzene rings is 1. The molecule has 0 spiro atoms. The second-order valence-corrected chi connectivity index (χ2v) is 10.1. The highest BCUT2D eigenvalue weighted by Gasteiger charge is 2.20. The van der Waals surface area contributed by atoms with Crippen molar-refractivity contribution in [2.45, 2.75) is 31.4 Å². The SMILES string of the molecule is CC(C)C(O)c1cc(C(=O)Nc2nccs2)n(Cc2ccc(S(C)(=O)=O)cc2)c1. The summed E-state index contributed by atoms with van der Waals surface area (Å²) in [5, 5.41) is 15.5. The van der Waals surface area contributed by atoms with Crippen LogP contribution in [0.1, 0.15) is 41.6 Å². The van der Waals surface area contributed by atoms with E-state index >= 15 is 0 Å². The Balaban J connectivity index is 1.92. The molecule has 154 valence electrons. The van der Waals surface area contributed by atoms with E-state index in [4.69, 9.17) is 0 Å². The van der Waals surface area contributed by atoms with Gasteiger partial charge in [0, 0.05) is 30.6 Å². The Hall–Kier alpha value is -2.49. The van der Waals surface area contributed by atoms with Crippen LogP contribution in [0.2, 0.25) is 0 Å². The fraction of sp³-hybridized carbons (Fsp3) is 0.300. The minimum Gasteiger partial charge on any atom is -0.388 e. The summed E-state index contributed by atoms with van der Waals surface area (Å²) in [6, 6.07) is 8.22. The second-order valence-electron chi connectivity index (χ2n) is 7.18. The number of carbonyl (C=O) groups excluding carboxylic acids is 1. The fourth-order valence-corrected chi connectivity index (χ4v) is 4.04. The number of hydrogen-bond donors (Lipinski definition) is 2. The molecule has 29 heavy (non-hydrogen) atoms. The monoisotopic (exact) mass is 433 g/mol. The number of amides is 1. The van der Waals surface area contributed by atoms with Gasteiger partial charge in [-0.25, -0.2) is 13.4 Å². The zero-order chi connectivity index (χ0) is 21.2. The van der Waals surface area contributed by atoms with Gasteiger partial charge in [0.05, 0.1) is 11.0 Å². The van der Waals surface area contributed by atoms with Crippen LogP contribution in [0.5, 0.6) is 0 Å². The molecule has 1 amide bonds. The lowest BCUT2D eigenvalue weighted by Crippen LogP contribution is -2.17. The molecule has 0 fully saturated rings. The van der Waals surface area contributed by atoms with Crippen molar-refractivity contribution in [3.8, 4) is 0 Å². The average Bonchev–Trinajstić information content (AvgIpc) is 3.30. The van der Waals surface area contributed by atoms with Crippen molar-refractivity contribution in [1.29, 1.82) is 0 Å². The van der Waals surface area contributed by atoms with Crippen LogP contribution in [0.25, 0.3) is 0 Å². The van der Waals surface area contributed by atoms with Crippen molar-refractivity contribution >= 4 is 32.2 Å². The van der Waals surface area contributed by atoms with Crippen LogP contribution >= 0.6 is 11.3 Å². The number of nitrogens with zero attached hydrogens (tertiary/aromatic N) is 2. The van der Waals surface area contributed by atoms with Crippen molar-refractivity contribution in [3.63, 3.8) is 0 Å². The number of sulfone groups is 1. The van der Waals surface area contributed by atoms with Crippen LogP contribution in [0.15, 0.2) is 53.0 Å². The lowest BCUT2D eigenvalue weighted by atomic mass is 10.0. The molecule has 3 aromatic rings. The molecule has 0 bridgehead atoms. The number of aliphatic hydroxyl groups excluding tert-OH is 1. The predicted octanol–water partition coefficient (Wildman–Crippen LogP) is 3.34. The Morgan fingerprint density at radius 2 is 1.97 bits per heavy atom. The Morgan fingerprint density at radius 3 is 2.52 bits per heavy atom. The van der Waals surface area contributed by atoms with Gasteiger partial charge in [0.2, 0.25) is 0 Å². The molecule has 9 heteroatoms. The third-order valence-electron chi connectivity index (χ3n) is 4.48. The van der Waals surface area contributed by atoms with Crippen LogP contribution in [0.3, 0.4) is 0 Å². The summed E-state index contributed by atoms with van der Waals surface area (Å²) in [7, 11) is -3.27. The van der Waals surface area contributed by atoms with Gasteiger partial charge in [0.25, 0.3) is 5.91 Å². The largest absolute Gasteiger partial charge is 0.388 e. The number of aliphatic hydroxyl groups is 1. The maximum atomic E-state index is 12.8. The van der Waals surface area contributed by atoms with Crippen LogP contribution < -0.4 is 5.32 Å². The van der Waals surface area contributed by atoms with E-state index in [2.05, 4.69) is 10.3 Å². The van der Waals surface area contributed by atoms with E-state index in [9.17, 15) is 18.3 Å². The smallest absolute Gasteiger partial charge is 0.274 e. The molecule has 1 atom stereocenters. The van der Waals surface area contributed by atoms with E-state index in [0.717, 1.165) is 11.8 Å². The number of thiazole rings is 1. The first-order valence-electron chi connectivity index (χ1n) is 9.03. The Morgan fingerprint density at radius 1 is 1.28 bits per heavy atom. The van der Waals surface area contributed by atoms with Crippen molar-refractivity contribution in [1.82, 2.24) is 9.55 Å². The summed E-state index contributed by atoms with van der Waals surface area (Å²) in [5.74, 6) is -0.329. The van der Waals surface area contributed by atoms with Gasteiger partial charge in [-0.1, -0.05) is 26.0 Å². The van der Waals surface area contributed by atoms with E-state index in [1.165, 1.54) is 11.3 Å². The van der Waals surface area contributed by atoms with Gasteiger partial charge in [-0.3, -0.25) is 10.1 Å². The summed E-state index contributed by atoms with van der Waals surface area (Å²) in [6.07, 6.45) is 3.83. The molecule has 0 aliphatic rings. The first-order valence-corrected chi connectivity index (χ1v) is 11.8. The molecule has 0 aliphatic heterocycles. The molecule has 1 unspecified atom stereocenters. The van der Waals surface area contributed by atoms with Crippen molar-refractivity contribution < 1.29 is 18.3 Å².